The highest BCUT2D eigenvalue weighted by atomic mass is 15.1. The van der Waals surface area contributed by atoms with Crippen molar-refractivity contribution >= 4 is 0 Å². The van der Waals surface area contributed by atoms with Crippen molar-refractivity contribution < 1.29 is 0 Å². The molecule has 0 aromatic carbocycles. The van der Waals surface area contributed by atoms with Crippen molar-refractivity contribution in [3.05, 3.63) is 0 Å². The van der Waals surface area contributed by atoms with E-state index in [9.17, 15) is 0 Å². The Hall–Kier alpha value is -0.0400. The van der Waals surface area contributed by atoms with Gasteiger partial charge in [-0.1, -0.05) is 33.6 Å². The van der Waals surface area contributed by atoms with Gasteiger partial charge in [-0.25, -0.2) is 0 Å². The summed E-state index contributed by atoms with van der Waals surface area (Å²) in [5.41, 5.74) is 0. The summed E-state index contributed by atoms with van der Waals surface area (Å²) in [6.07, 6.45) is 4.24. The Bertz CT molecular complexity index is 122. The van der Waals surface area contributed by atoms with Crippen LogP contribution in [0.25, 0.3) is 0 Å². The van der Waals surface area contributed by atoms with Gasteiger partial charge in [-0.2, -0.15) is 0 Å². The lowest BCUT2D eigenvalue weighted by molar-refractivity contribution is 0.129. The van der Waals surface area contributed by atoms with E-state index >= 15 is 0 Å². The van der Waals surface area contributed by atoms with Gasteiger partial charge in [-0.05, 0) is 31.3 Å². The molecule has 1 aliphatic rings. The lowest BCUT2D eigenvalue weighted by atomic mass is 9.84. The predicted molar refractivity (Wildman–Crippen MR) is 54.3 cm³/mol. The average Bonchev–Trinajstić information content (AvgIpc) is 2.09. The number of hydrogen-bond acceptors (Lipinski definition) is 1. The Morgan fingerprint density at radius 2 is 2.08 bits per heavy atom. The molecule has 0 aromatic rings. The maximum Gasteiger partial charge on any atom is 0.000956 e. The third-order valence-corrected chi connectivity index (χ3v) is 3.27. The molecule has 72 valence electrons. The molecular weight excluding hydrogens is 146 g/mol. The van der Waals surface area contributed by atoms with Crippen molar-refractivity contribution in [3.8, 4) is 0 Å². The number of piperidine rings is 1. The fraction of sp³-hybridized carbons (Fsp3) is 1.00. The van der Waals surface area contributed by atoms with Gasteiger partial charge in [0.25, 0.3) is 0 Å². The summed E-state index contributed by atoms with van der Waals surface area (Å²) >= 11 is 0. The van der Waals surface area contributed by atoms with Crippen molar-refractivity contribution in [1.82, 2.24) is 4.90 Å². The molecule has 12 heavy (non-hydrogen) atoms. The van der Waals surface area contributed by atoms with Crippen molar-refractivity contribution in [1.29, 1.82) is 0 Å². The Kier molecular flexibility index (Phi) is 4.07. The molecule has 0 aromatic heterocycles. The number of rotatable bonds is 3. The molecule has 0 spiro atoms. The van der Waals surface area contributed by atoms with Gasteiger partial charge in [0.15, 0.2) is 0 Å². The Morgan fingerprint density at radius 3 is 2.58 bits per heavy atom. The summed E-state index contributed by atoms with van der Waals surface area (Å²) < 4.78 is 0. The zero-order valence-corrected chi connectivity index (χ0v) is 8.84. The van der Waals surface area contributed by atoms with Crippen LogP contribution in [0.1, 0.15) is 40.0 Å². The zero-order chi connectivity index (χ0) is 8.97. The van der Waals surface area contributed by atoms with Gasteiger partial charge < -0.3 is 4.90 Å². The monoisotopic (exact) mass is 169 g/mol. The van der Waals surface area contributed by atoms with E-state index in [4.69, 9.17) is 0 Å². The van der Waals surface area contributed by atoms with Crippen molar-refractivity contribution in [2.75, 3.05) is 19.6 Å². The Morgan fingerprint density at radius 1 is 1.33 bits per heavy atom. The van der Waals surface area contributed by atoms with E-state index in [2.05, 4.69) is 25.7 Å². The minimum absolute atomic E-state index is 0.929. The van der Waals surface area contributed by atoms with Crippen LogP contribution in [-0.4, -0.2) is 24.5 Å². The number of likely N-dealkylation sites (tertiary alicyclic amines) is 1. The SMILES string of the molecule is CCC[C@@H]1CCN(CC)C[C@H]1C. The molecule has 0 amide bonds. The van der Waals surface area contributed by atoms with Gasteiger partial charge in [-0.15, -0.1) is 0 Å². The maximum absolute atomic E-state index is 2.58. The van der Waals surface area contributed by atoms with Gasteiger partial charge in [0.05, 0.1) is 0 Å². The second kappa shape index (κ2) is 4.86. The maximum atomic E-state index is 2.58. The molecule has 0 aliphatic carbocycles. The molecule has 0 saturated carbocycles. The van der Waals surface area contributed by atoms with Gasteiger partial charge in [0.1, 0.15) is 0 Å². The van der Waals surface area contributed by atoms with Crippen molar-refractivity contribution in [3.63, 3.8) is 0 Å². The highest BCUT2D eigenvalue weighted by Gasteiger charge is 2.23. The molecule has 0 unspecified atom stereocenters. The van der Waals surface area contributed by atoms with E-state index in [1.54, 1.807) is 0 Å². The van der Waals surface area contributed by atoms with Crippen LogP contribution in [0, 0.1) is 11.8 Å². The summed E-state index contributed by atoms with van der Waals surface area (Å²) in [4.78, 5) is 2.58. The van der Waals surface area contributed by atoms with Crippen molar-refractivity contribution in [2.45, 2.75) is 40.0 Å². The molecule has 1 heteroatoms. The fourth-order valence-electron chi connectivity index (χ4n) is 2.37. The van der Waals surface area contributed by atoms with Crippen LogP contribution in [0.3, 0.4) is 0 Å². The highest BCUT2D eigenvalue weighted by molar-refractivity contribution is 4.76. The molecule has 1 fully saturated rings. The van der Waals surface area contributed by atoms with E-state index in [-0.39, 0.29) is 0 Å². The third kappa shape index (κ3) is 2.48. The molecule has 0 radical (unpaired) electrons. The molecule has 0 N–H and O–H groups in total. The summed E-state index contributed by atoms with van der Waals surface area (Å²) in [7, 11) is 0. The first kappa shape index (κ1) is 10.0. The highest BCUT2D eigenvalue weighted by Crippen LogP contribution is 2.26. The predicted octanol–water partition coefficient (Wildman–Crippen LogP) is 2.76. The number of nitrogens with zero attached hydrogens (tertiary/aromatic N) is 1. The summed E-state index contributed by atoms with van der Waals surface area (Å²) in [5.74, 6) is 1.94. The molecule has 1 saturated heterocycles. The Balaban J connectivity index is 2.31. The van der Waals surface area contributed by atoms with Crippen LogP contribution < -0.4 is 0 Å². The average molecular weight is 169 g/mol. The lowest BCUT2D eigenvalue weighted by Crippen LogP contribution is -2.38. The summed E-state index contributed by atoms with van der Waals surface area (Å²) in [6.45, 7) is 10.9. The van der Waals surface area contributed by atoms with Crippen LogP contribution in [0.15, 0.2) is 0 Å². The first-order valence-corrected chi connectivity index (χ1v) is 5.50. The fourth-order valence-corrected chi connectivity index (χ4v) is 2.37. The lowest BCUT2D eigenvalue weighted by Gasteiger charge is -2.36. The molecular formula is C11H23N. The largest absolute Gasteiger partial charge is 0.303 e. The molecule has 2 atom stereocenters. The standard InChI is InChI=1S/C11H23N/c1-4-6-11-7-8-12(5-2)9-10(11)3/h10-11H,4-9H2,1-3H3/t10-,11-/m1/s1. The quantitative estimate of drug-likeness (QED) is 0.628. The van der Waals surface area contributed by atoms with E-state index in [1.807, 2.05) is 0 Å². The van der Waals surface area contributed by atoms with Gasteiger partial charge in [0.2, 0.25) is 0 Å². The van der Waals surface area contributed by atoms with Crippen LogP contribution in [0.4, 0.5) is 0 Å². The molecule has 0 bridgehead atoms. The van der Waals surface area contributed by atoms with E-state index in [0.717, 1.165) is 11.8 Å². The second-order valence-electron chi connectivity index (χ2n) is 4.21. The topological polar surface area (TPSA) is 3.24 Å². The summed E-state index contributed by atoms with van der Waals surface area (Å²) in [5, 5.41) is 0. The van der Waals surface area contributed by atoms with Crippen LogP contribution in [0.2, 0.25) is 0 Å². The normalized spacial score (nSPS) is 32.2. The van der Waals surface area contributed by atoms with Crippen molar-refractivity contribution in [2.24, 2.45) is 11.8 Å². The third-order valence-electron chi connectivity index (χ3n) is 3.27. The molecule has 1 heterocycles. The first-order valence-electron chi connectivity index (χ1n) is 5.50. The van der Waals surface area contributed by atoms with E-state index in [0.29, 0.717) is 0 Å². The summed E-state index contributed by atoms with van der Waals surface area (Å²) in [6, 6.07) is 0. The van der Waals surface area contributed by atoms with Crippen LogP contribution in [0.5, 0.6) is 0 Å². The minimum Gasteiger partial charge on any atom is -0.303 e. The van der Waals surface area contributed by atoms with E-state index in [1.165, 1.54) is 38.9 Å². The smallest absolute Gasteiger partial charge is 0.000956 e. The van der Waals surface area contributed by atoms with Crippen LogP contribution >= 0.6 is 0 Å². The van der Waals surface area contributed by atoms with Gasteiger partial charge in [-0.3, -0.25) is 0 Å². The second-order valence-corrected chi connectivity index (χ2v) is 4.21. The minimum atomic E-state index is 0.929. The molecule has 1 nitrogen and oxygen atoms in total. The first-order chi connectivity index (χ1) is 5.77. The Labute approximate surface area is 77.1 Å². The molecule has 1 aliphatic heterocycles. The van der Waals surface area contributed by atoms with Crippen LogP contribution in [-0.2, 0) is 0 Å². The van der Waals surface area contributed by atoms with E-state index < -0.39 is 0 Å². The van der Waals surface area contributed by atoms with Gasteiger partial charge in [0, 0.05) is 6.54 Å². The van der Waals surface area contributed by atoms with Gasteiger partial charge >= 0.3 is 0 Å². The zero-order valence-electron chi connectivity index (χ0n) is 8.84. The number of hydrogen-bond donors (Lipinski definition) is 0. The molecule has 1 rings (SSSR count).